The summed E-state index contributed by atoms with van der Waals surface area (Å²) in [6, 6.07) is 6.83. The van der Waals surface area contributed by atoms with Gasteiger partial charge in [-0.2, -0.15) is 0 Å². The lowest BCUT2D eigenvalue weighted by atomic mass is 9.81. The zero-order chi connectivity index (χ0) is 12.1. The van der Waals surface area contributed by atoms with Gasteiger partial charge < -0.3 is 15.4 Å². The molecule has 2 aromatic rings. The molecule has 0 fully saturated rings. The second kappa shape index (κ2) is 3.70. The van der Waals surface area contributed by atoms with E-state index in [1.165, 1.54) is 27.6 Å². The molecular formula is C15H16N2O. The van der Waals surface area contributed by atoms with Crippen LogP contribution >= 0.6 is 0 Å². The fourth-order valence-electron chi connectivity index (χ4n) is 3.29. The van der Waals surface area contributed by atoms with E-state index in [4.69, 9.17) is 0 Å². The van der Waals surface area contributed by atoms with E-state index in [0.29, 0.717) is 6.04 Å². The van der Waals surface area contributed by atoms with Gasteiger partial charge in [-0.3, -0.25) is 0 Å². The molecule has 0 spiro atoms. The molecule has 1 aromatic carbocycles. The molecule has 1 aromatic heterocycles. The summed E-state index contributed by atoms with van der Waals surface area (Å²) in [6.07, 6.45) is 5.43. The Morgan fingerprint density at radius 2 is 2.28 bits per heavy atom. The standard InChI is InChI=1S/C15H16N2O/c18-8-9-4-12-11-2-1-3-13-15(11)10(7-17-13)5-14(12)16-6-9/h1-4,7,9,14,16-18H,5-6,8H2/t9-,14?/m0/s1. The minimum atomic E-state index is 0.221. The van der Waals surface area contributed by atoms with Crippen LogP contribution in [-0.4, -0.2) is 29.3 Å². The maximum atomic E-state index is 9.34. The first kappa shape index (κ1) is 10.4. The Bertz CT molecular complexity index is 641. The zero-order valence-corrected chi connectivity index (χ0v) is 10.1. The van der Waals surface area contributed by atoms with E-state index < -0.39 is 0 Å². The van der Waals surface area contributed by atoms with Crippen molar-refractivity contribution in [3.05, 3.63) is 41.6 Å². The topological polar surface area (TPSA) is 48.0 Å². The van der Waals surface area contributed by atoms with Crippen LogP contribution in [0.5, 0.6) is 0 Å². The molecule has 3 heteroatoms. The number of hydrogen-bond acceptors (Lipinski definition) is 2. The summed E-state index contributed by atoms with van der Waals surface area (Å²) in [6.45, 7) is 1.10. The lowest BCUT2D eigenvalue weighted by Gasteiger charge is -2.33. The zero-order valence-electron chi connectivity index (χ0n) is 10.1. The highest BCUT2D eigenvalue weighted by Crippen LogP contribution is 2.38. The Balaban J connectivity index is 1.97. The highest BCUT2D eigenvalue weighted by Gasteiger charge is 2.29. The number of nitrogens with one attached hydrogen (secondary N) is 2. The van der Waals surface area contributed by atoms with Crippen molar-refractivity contribution in [3.63, 3.8) is 0 Å². The summed E-state index contributed by atoms with van der Waals surface area (Å²) in [5, 5.41) is 14.3. The molecule has 0 bridgehead atoms. The first-order valence-electron chi connectivity index (χ1n) is 6.52. The third-order valence-corrected chi connectivity index (χ3v) is 4.17. The molecule has 3 N–H and O–H groups in total. The summed E-state index contributed by atoms with van der Waals surface area (Å²) in [7, 11) is 0. The predicted octanol–water partition coefficient (Wildman–Crippen LogP) is 1.69. The monoisotopic (exact) mass is 240 g/mol. The fraction of sp³-hybridized carbons (Fsp3) is 0.333. The highest BCUT2D eigenvalue weighted by atomic mass is 16.3. The van der Waals surface area contributed by atoms with E-state index in [0.717, 1.165) is 13.0 Å². The van der Waals surface area contributed by atoms with Gasteiger partial charge in [0.05, 0.1) is 6.61 Å². The number of fused-ring (bicyclic) bond motifs is 2. The van der Waals surface area contributed by atoms with E-state index in [2.05, 4.69) is 40.8 Å². The number of rotatable bonds is 1. The van der Waals surface area contributed by atoms with Crippen LogP contribution < -0.4 is 5.32 Å². The van der Waals surface area contributed by atoms with Gasteiger partial charge in [0.15, 0.2) is 0 Å². The van der Waals surface area contributed by atoms with Gasteiger partial charge in [0.1, 0.15) is 0 Å². The molecule has 1 aliphatic carbocycles. The lowest BCUT2D eigenvalue weighted by molar-refractivity contribution is 0.243. The minimum Gasteiger partial charge on any atom is -0.396 e. The molecule has 0 saturated heterocycles. The molecule has 4 rings (SSSR count). The maximum absolute atomic E-state index is 9.34. The molecule has 92 valence electrons. The second-order valence-electron chi connectivity index (χ2n) is 5.27. The molecule has 0 amide bonds. The largest absolute Gasteiger partial charge is 0.396 e. The van der Waals surface area contributed by atoms with E-state index in [-0.39, 0.29) is 12.5 Å². The lowest BCUT2D eigenvalue weighted by Crippen LogP contribution is -2.41. The number of aromatic nitrogens is 1. The van der Waals surface area contributed by atoms with Crippen LogP contribution in [0, 0.1) is 5.92 Å². The van der Waals surface area contributed by atoms with Crippen LogP contribution in [-0.2, 0) is 6.42 Å². The molecule has 2 heterocycles. The van der Waals surface area contributed by atoms with Crippen LogP contribution in [0.4, 0.5) is 0 Å². The smallest absolute Gasteiger partial charge is 0.0506 e. The molecule has 1 unspecified atom stereocenters. The van der Waals surface area contributed by atoms with Crippen molar-refractivity contribution >= 4 is 16.5 Å². The van der Waals surface area contributed by atoms with Gasteiger partial charge >= 0.3 is 0 Å². The highest BCUT2D eigenvalue weighted by molar-refractivity contribution is 5.98. The number of hydrogen-bond donors (Lipinski definition) is 3. The SMILES string of the molecule is OC[C@H]1C=C2c3cccc4[nH]cc(c34)CC2NC1. The summed E-state index contributed by atoms with van der Waals surface area (Å²) < 4.78 is 0. The van der Waals surface area contributed by atoms with Gasteiger partial charge in [0.2, 0.25) is 0 Å². The minimum absolute atomic E-state index is 0.221. The van der Waals surface area contributed by atoms with Crippen LogP contribution in [0.2, 0.25) is 0 Å². The predicted molar refractivity (Wildman–Crippen MR) is 72.3 cm³/mol. The van der Waals surface area contributed by atoms with Crippen molar-refractivity contribution in [2.45, 2.75) is 12.5 Å². The van der Waals surface area contributed by atoms with Crippen LogP contribution in [0.3, 0.4) is 0 Å². The number of aliphatic hydroxyl groups is 1. The average molecular weight is 240 g/mol. The molecular weight excluding hydrogens is 224 g/mol. The Morgan fingerprint density at radius 3 is 3.17 bits per heavy atom. The number of benzene rings is 1. The maximum Gasteiger partial charge on any atom is 0.0506 e. The molecule has 2 aliphatic rings. The molecule has 3 nitrogen and oxygen atoms in total. The van der Waals surface area contributed by atoms with Gasteiger partial charge in [-0.1, -0.05) is 18.2 Å². The third-order valence-electron chi connectivity index (χ3n) is 4.17. The number of H-pyrrole nitrogens is 1. The first-order chi connectivity index (χ1) is 8.86. The Labute approximate surface area is 106 Å². The van der Waals surface area contributed by atoms with Crippen molar-refractivity contribution < 1.29 is 5.11 Å². The van der Waals surface area contributed by atoms with Crippen molar-refractivity contribution in [2.24, 2.45) is 5.92 Å². The number of aromatic amines is 1. The van der Waals surface area contributed by atoms with Crippen LogP contribution in [0.1, 0.15) is 11.1 Å². The Kier molecular flexibility index (Phi) is 2.13. The van der Waals surface area contributed by atoms with Crippen molar-refractivity contribution in [2.75, 3.05) is 13.2 Å². The second-order valence-corrected chi connectivity index (χ2v) is 5.27. The van der Waals surface area contributed by atoms with E-state index in [1.807, 2.05) is 0 Å². The van der Waals surface area contributed by atoms with Gasteiger partial charge in [-0.15, -0.1) is 0 Å². The van der Waals surface area contributed by atoms with Gasteiger partial charge in [0, 0.05) is 35.6 Å². The fourth-order valence-corrected chi connectivity index (χ4v) is 3.29. The summed E-state index contributed by atoms with van der Waals surface area (Å²) in [5.74, 6) is 0.243. The third kappa shape index (κ3) is 1.32. The molecule has 0 saturated carbocycles. The molecule has 0 radical (unpaired) electrons. The van der Waals surface area contributed by atoms with Gasteiger partial charge in [-0.25, -0.2) is 0 Å². The van der Waals surface area contributed by atoms with E-state index in [1.54, 1.807) is 0 Å². The summed E-state index contributed by atoms with van der Waals surface area (Å²) >= 11 is 0. The van der Waals surface area contributed by atoms with Crippen molar-refractivity contribution in [1.29, 1.82) is 0 Å². The molecule has 18 heavy (non-hydrogen) atoms. The van der Waals surface area contributed by atoms with E-state index in [9.17, 15) is 5.11 Å². The van der Waals surface area contributed by atoms with Crippen LogP contribution in [0.25, 0.3) is 16.5 Å². The quantitative estimate of drug-likeness (QED) is 0.710. The van der Waals surface area contributed by atoms with E-state index >= 15 is 0 Å². The molecule has 1 aliphatic heterocycles. The summed E-state index contributed by atoms with van der Waals surface area (Å²) in [5.41, 5.74) is 5.30. The molecule has 2 atom stereocenters. The Hall–Kier alpha value is -1.58. The Morgan fingerprint density at radius 1 is 1.33 bits per heavy atom. The normalized spacial score (nSPS) is 25.9. The van der Waals surface area contributed by atoms with Gasteiger partial charge in [-0.05, 0) is 29.2 Å². The average Bonchev–Trinajstić information content (AvgIpc) is 2.83. The van der Waals surface area contributed by atoms with Crippen molar-refractivity contribution in [3.8, 4) is 0 Å². The summed E-state index contributed by atoms with van der Waals surface area (Å²) in [4.78, 5) is 3.35. The number of aliphatic hydroxyl groups excluding tert-OH is 1. The van der Waals surface area contributed by atoms with Gasteiger partial charge in [0.25, 0.3) is 0 Å². The van der Waals surface area contributed by atoms with Crippen molar-refractivity contribution in [1.82, 2.24) is 10.3 Å². The van der Waals surface area contributed by atoms with Crippen LogP contribution in [0.15, 0.2) is 30.5 Å². The first-order valence-corrected chi connectivity index (χ1v) is 6.52.